The lowest BCUT2D eigenvalue weighted by Crippen LogP contribution is -2.19. The van der Waals surface area contributed by atoms with Crippen molar-refractivity contribution in [1.82, 2.24) is 4.98 Å². The van der Waals surface area contributed by atoms with Gasteiger partial charge in [-0.15, -0.1) is 0 Å². The first kappa shape index (κ1) is 11.9. The molecule has 0 aromatic carbocycles. The van der Waals surface area contributed by atoms with Crippen LogP contribution in [0.4, 0.5) is 10.1 Å². The summed E-state index contributed by atoms with van der Waals surface area (Å²) in [5, 5.41) is 0. The zero-order valence-electron chi connectivity index (χ0n) is 7.98. The van der Waals surface area contributed by atoms with Crippen LogP contribution < -0.4 is 10.5 Å². The number of anilines is 1. The van der Waals surface area contributed by atoms with E-state index in [-0.39, 0.29) is 18.0 Å². The average molecular weight is 233 g/mol. The maximum absolute atomic E-state index is 13.0. The molecule has 7 heteroatoms. The van der Waals surface area contributed by atoms with Crippen molar-refractivity contribution in [2.24, 2.45) is 5.73 Å². The van der Waals surface area contributed by atoms with Gasteiger partial charge in [0.25, 0.3) is 0 Å². The average Bonchev–Trinajstić information content (AvgIpc) is 2.18. The minimum Gasteiger partial charge on any atom is -0.330 e. The number of nitrogens with zero attached hydrogens (tertiary/aromatic N) is 1. The Morgan fingerprint density at radius 2 is 2.27 bits per heavy atom. The van der Waals surface area contributed by atoms with E-state index in [1.165, 1.54) is 12.3 Å². The number of pyridine rings is 1. The van der Waals surface area contributed by atoms with Gasteiger partial charge in [-0.3, -0.25) is 9.71 Å². The van der Waals surface area contributed by atoms with Gasteiger partial charge in [0.05, 0.1) is 17.6 Å². The molecule has 1 aromatic rings. The smallest absolute Gasteiger partial charge is 0.232 e. The predicted molar refractivity (Wildman–Crippen MR) is 55.3 cm³/mol. The number of hydrogen-bond donors (Lipinski definition) is 2. The normalized spacial score (nSPS) is 11.3. The highest BCUT2D eigenvalue weighted by Gasteiger charge is 2.11. The predicted octanol–water partition coefficient (Wildman–Crippen LogP) is 0.311. The topological polar surface area (TPSA) is 85.1 Å². The van der Waals surface area contributed by atoms with E-state index in [1.54, 1.807) is 0 Å². The van der Waals surface area contributed by atoms with E-state index in [9.17, 15) is 12.8 Å². The number of rotatable bonds is 5. The first-order valence-electron chi connectivity index (χ1n) is 4.35. The molecule has 3 N–H and O–H groups in total. The summed E-state index contributed by atoms with van der Waals surface area (Å²) in [6, 6.07) is 1.26. The second-order valence-electron chi connectivity index (χ2n) is 2.92. The zero-order chi connectivity index (χ0) is 11.3. The van der Waals surface area contributed by atoms with Crippen LogP contribution >= 0.6 is 0 Å². The van der Waals surface area contributed by atoms with E-state index >= 15 is 0 Å². The molecule has 0 radical (unpaired) electrons. The van der Waals surface area contributed by atoms with Crippen molar-refractivity contribution in [1.29, 1.82) is 0 Å². The molecule has 0 saturated heterocycles. The van der Waals surface area contributed by atoms with E-state index in [4.69, 9.17) is 5.73 Å². The molecule has 0 amide bonds. The number of nitrogens with one attached hydrogen (secondary N) is 1. The van der Waals surface area contributed by atoms with Crippen LogP contribution in [0.1, 0.15) is 6.42 Å². The van der Waals surface area contributed by atoms with Crippen molar-refractivity contribution >= 4 is 15.7 Å². The number of nitrogens with two attached hydrogens (primary N) is 1. The van der Waals surface area contributed by atoms with Crippen molar-refractivity contribution in [2.75, 3.05) is 17.0 Å². The van der Waals surface area contributed by atoms with Gasteiger partial charge in [-0.1, -0.05) is 0 Å². The Kier molecular flexibility index (Phi) is 3.98. The molecule has 0 fully saturated rings. The number of sulfonamides is 1. The third-order valence-electron chi connectivity index (χ3n) is 1.66. The van der Waals surface area contributed by atoms with Crippen LogP contribution in [-0.4, -0.2) is 25.7 Å². The summed E-state index contributed by atoms with van der Waals surface area (Å²) >= 11 is 0. The molecule has 0 atom stereocenters. The lowest BCUT2D eigenvalue weighted by Gasteiger charge is -2.07. The van der Waals surface area contributed by atoms with Gasteiger partial charge in [0, 0.05) is 6.20 Å². The molecular weight excluding hydrogens is 221 g/mol. The maximum atomic E-state index is 13.0. The second-order valence-corrected chi connectivity index (χ2v) is 4.76. The Morgan fingerprint density at radius 1 is 1.53 bits per heavy atom. The van der Waals surface area contributed by atoms with E-state index in [0.29, 0.717) is 6.42 Å². The monoisotopic (exact) mass is 233 g/mol. The molecule has 0 bridgehead atoms. The first-order valence-corrected chi connectivity index (χ1v) is 6.00. The second kappa shape index (κ2) is 5.04. The van der Waals surface area contributed by atoms with Gasteiger partial charge in [0.2, 0.25) is 10.0 Å². The highest BCUT2D eigenvalue weighted by atomic mass is 32.2. The summed E-state index contributed by atoms with van der Waals surface area (Å²) in [7, 11) is -3.52. The molecule has 0 saturated carbocycles. The van der Waals surface area contributed by atoms with Gasteiger partial charge in [0.15, 0.2) is 5.82 Å². The van der Waals surface area contributed by atoms with Crippen molar-refractivity contribution in [3.8, 4) is 0 Å². The van der Waals surface area contributed by atoms with Crippen LogP contribution in [0, 0.1) is 5.82 Å². The molecular formula is C8H12FN3O2S. The Morgan fingerprint density at radius 3 is 2.87 bits per heavy atom. The molecule has 5 nitrogen and oxygen atoms in total. The lowest BCUT2D eigenvalue weighted by atomic mass is 10.4. The summed E-state index contributed by atoms with van der Waals surface area (Å²) < 4.78 is 37.9. The number of aromatic nitrogens is 1. The quantitative estimate of drug-likeness (QED) is 0.766. The fourth-order valence-electron chi connectivity index (χ4n) is 0.950. The third kappa shape index (κ3) is 3.80. The van der Waals surface area contributed by atoms with Gasteiger partial charge in [0.1, 0.15) is 0 Å². The Labute approximate surface area is 87.6 Å². The molecule has 0 aliphatic rings. The van der Waals surface area contributed by atoms with Crippen molar-refractivity contribution in [3.05, 3.63) is 24.3 Å². The molecule has 15 heavy (non-hydrogen) atoms. The minimum atomic E-state index is -3.52. The van der Waals surface area contributed by atoms with Crippen LogP contribution in [0.2, 0.25) is 0 Å². The van der Waals surface area contributed by atoms with Crippen molar-refractivity contribution in [2.45, 2.75) is 6.42 Å². The van der Waals surface area contributed by atoms with Gasteiger partial charge in [-0.05, 0) is 19.0 Å². The van der Waals surface area contributed by atoms with Crippen LogP contribution in [0.3, 0.4) is 0 Å². The largest absolute Gasteiger partial charge is 0.330 e. The fraction of sp³-hybridized carbons (Fsp3) is 0.375. The molecule has 84 valence electrons. The van der Waals surface area contributed by atoms with Gasteiger partial charge >= 0.3 is 0 Å². The van der Waals surface area contributed by atoms with E-state index in [1.807, 2.05) is 0 Å². The van der Waals surface area contributed by atoms with Crippen molar-refractivity contribution in [3.63, 3.8) is 0 Å². The van der Waals surface area contributed by atoms with Gasteiger partial charge in [-0.25, -0.2) is 12.8 Å². The lowest BCUT2D eigenvalue weighted by molar-refractivity contribution is 0.595. The van der Waals surface area contributed by atoms with E-state index in [2.05, 4.69) is 9.71 Å². The molecule has 1 aromatic heterocycles. The third-order valence-corrected chi connectivity index (χ3v) is 3.01. The molecule has 0 unspecified atom stereocenters. The highest BCUT2D eigenvalue weighted by Crippen LogP contribution is 2.12. The Balaban J connectivity index is 2.74. The van der Waals surface area contributed by atoms with Gasteiger partial charge in [-0.2, -0.15) is 0 Å². The SMILES string of the molecule is NCCCS(=O)(=O)Nc1ccncc1F. The summed E-state index contributed by atoms with van der Waals surface area (Å²) in [5.74, 6) is -0.820. The molecule has 0 aliphatic carbocycles. The molecule has 1 heterocycles. The zero-order valence-corrected chi connectivity index (χ0v) is 8.80. The van der Waals surface area contributed by atoms with Gasteiger partial charge < -0.3 is 5.73 Å². The molecule has 0 aliphatic heterocycles. The fourth-order valence-corrected chi connectivity index (χ4v) is 2.10. The number of hydrogen-bond acceptors (Lipinski definition) is 4. The standard InChI is InChI=1S/C8H12FN3O2S/c9-7-6-11-4-2-8(7)12-15(13,14)5-1-3-10/h2,4,6H,1,3,5,10H2,(H,11,12). The summed E-state index contributed by atoms with van der Waals surface area (Å²) in [6.45, 7) is 0.278. The molecule has 1 rings (SSSR count). The molecule has 0 spiro atoms. The van der Waals surface area contributed by atoms with Crippen LogP contribution in [0.25, 0.3) is 0 Å². The highest BCUT2D eigenvalue weighted by molar-refractivity contribution is 7.92. The van der Waals surface area contributed by atoms with E-state index in [0.717, 1.165) is 6.20 Å². The Bertz CT molecular complexity index is 422. The summed E-state index contributed by atoms with van der Waals surface area (Å²) in [6.07, 6.45) is 2.59. The summed E-state index contributed by atoms with van der Waals surface area (Å²) in [4.78, 5) is 3.51. The summed E-state index contributed by atoms with van der Waals surface area (Å²) in [5.41, 5.74) is 5.09. The van der Waals surface area contributed by atoms with Crippen LogP contribution in [-0.2, 0) is 10.0 Å². The Hall–Kier alpha value is -1.21. The maximum Gasteiger partial charge on any atom is 0.232 e. The number of halogens is 1. The van der Waals surface area contributed by atoms with Crippen molar-refractivity contribution < 1.29 is 12.8 Å². The first-order chi connectivity index (χ1) is 7.05. The van der Waals surface area contributed by atoms with E-state index < -0.39 is 15.8 Å². The van der Waals surface area contributed by atoms with Crippen LogP contribution in [0.5, 0.6) is 0 Å². The minimum absolute atomic E-state index is 0.0954. The van der Waals surface area contributed by atoms with Crippen LogP contribution in [0.15, 0.2) is 18.5 Å².